The molecule has 25 heavy (non-hydrogen) atoms. The molecule has 0 aliphatic carbocycles. The maximum atomic E-state index is 11.9. The number of hydrogen-bond acceptors (Lipinski definition) is 5. The summed E-state index contributed by atoms with van der Waals surface area (Å²) in [5.74, 6) is -0.552. The Labute approximate surface area is 142 Å². The van der Waals surface area contributed by atoms with Crippen molar-refractivity contribution >= 4 is 23.1 Å². The summed E-state index contributed by atoms with van der Waals surface area (Å²) in [6.07, 6.45) is 7.08. The summed E-state index contributed by atoms with van der Waals surface area (Å²) < 4.78 is 1.43. The fraction of sp³-hybridized carbons (Fsp3) is 0.176. The van der Waals surface area contributed by atoms with Crippen LogP contribution in [0.3, 0.4) is 0 Å². The molecule has 1 atom stereocenters. The zero-order chi connectivity index (χ0) is 18.0. The van der Waals surface area contributed by atoms with E-state index in [0.29, 0.717) is 28.0 Å². The summed E-state index contributed by atoms with van der Waals surface area (Å²) in [6.45, 7) is 1.81. The number of carbonyl (C=O) groups is 1. The van der Waals surface area contributed by atoms with Gasteiger partial charge >= 0.3 is 0 Å². The lowest BCUT2D eigenvalue weighted by Gasteiger charge is -2.09. The van der Waals surface area contributed by atoms with Gasteiger partial charge in [0, 0.05) is 35.7 Å². The highest BCUT2D eigenvalue weighted by Gasteiger charge is 2.09. The summed E-state index contributed by atoms with van der Waals surface area (Å²) in [5, 5.41) is 9.51. The van der Waals surface area contributed by atoms with E-state index in [1.54, 1.807) is 37.7 Å². The van der Waals surface area contributed by atoms with Gasteiger partial charge in [0.05, 0.1) is 24.5 Å². The minimum Gasteiger partial charge on any atom is -0.392 e. The van der Waals surface area contributed by atoms with Gasteiger partial charge in [-0.15, -0.1) is 0 Å². The number of pyridine rings is 1. The first-order chi connectivity index (χ1) is 11.9. The zero-order valence-corrected chi connectivity index (χ0v) is 13.5. The van der Waals surface area contributed by atoms with E-state index in [1.165, 1.54) is 16.7 Å². The lowest BCUT2D eigenvalue weighted by Crippen LogP contribution is -2.24. The Balaban J connectivity index is 2.05. The molecule has 8 nitrogen and oxygen atoms in total. The van der Waals surface area contributed by atoms with Gasteiger partial charge in [-0.2, -0.15) is 0 Å². The number of fused-ring (bicyclic) bond motifs is 1. The van der Waals surface area contributed by atoms with Crippen molar-refractivity contribution in [2.45, 2.75) is 19.6 Å². The number of carbonyl (C=O) groups excluding carboxylic acids is 1. The number of nitrogens with zero attached hydrogens (tertiary/aromatic N) is 3. The second-order valence-electron chi connectivity index (χ2n) is 5.69. The SMILES string of the molecule is C[C@@H](O)Cn1cc(-c2cnc3[nH]cc(C=CC(N)=O)c3n2)ccc1=O. The minimum absolute atomic E-state index is 0.194. The molecule has 0 fully saturated rings. The molecular formula is C17H17N5O3. The van der Waals surface area contributed by atoms with Crippen molar-refractivity contribution in [2.75, 3.05) is 0 Å². The molecule has 0 bridgehead atoms. The number of rotatable bonds is 5. The van der Waals surface area contributed by atoms with E-state index in [2.05, 4.69) is 15.0 Å². The molecule has 0 radical (unpaired) electrons. The van der Waals surface area contributed by atoms with Crippen molar-refractivity contribution < 1.29 is 9.90 Å². The van der Waals surface area contributed by atoms with Crippen molar-refractivity contribution in [3.05, 3.63) is 52.7 Å². The standard InChI is InChI=1S/C17H17N5O3/c1-10(23)8-22-9-12(3-5-15(22)25)13-7-20-17-16(21-13)11(6-19-17)2-4-14(18)24/h2-7,9-10,23H,8H2,1H3,(H2,18,24)(H,19,20)/t10-/m1/s1. The molecule has 4 N–H and O–H groups in total. The molecule has 0 saturated heterocycles. The van der Waals surface area contributed by atoms with Gasteiger partial charge in [-0.3, -0.25) is 9.59 Å². The smallest absolute Gasteiger partial charge is 0.250 e. The van der Waals surface area contributed by atoms with Crippen LogP contribution in [0.5, 0.6) is 0 Å². The van der Waals surface area contributed by atoms with E-state index in [-0.39, 0.29) is 12.1 Å². The monoisotopic (exact) mass is 339 g/mol. The van der Waals surface area contributed by atoms with Crippen molar-refractivity contribution in [3.8, 4) is 11.3 Å². The Hall–Kier alpha value is -3.26. The molecule has 0 saturated carbocycles. The van der Waals surface area contributed by atoms with Gasteiger partial charge in [0.15, 0.2) is 5.65 Å². The van der Waals surface area contributed by atoms with Crippen LogP contribution in [0.4, 0.5) is 0 Å². The number of aliphatic hydroxyl groups excluding tert-OH is 1. The van der Waals surface area contributed by atoms with Gasteiger partial charge in [-0.25, -0.2) is 9.97 Å². The van der Waals surface area contributed by atoms with E-state index in [4.69, 9.17) is 5.73 Å². The van der Waals surface area contributed by atoms with Gasteiger partial charge in [0.25, 0.3) is 5.56 Å². The van der Waals surface area contributed by atoms with Gasteiger partial charge in [0.1, 0.15) is 5.52 Å². The first kappa shape index (κ1) is 16.6. The number of primary amides is 1. The van der Waals surface area contributed by atoms with Gasteiger partial charge in [-0.1, -0.05) is 0 Å². The number of H-pyrrole nitrogens is 1. The fourth-order valence-corrected chi connectivity index (χ4v) is 2.46. The van der Waals surface area contributed by atoms with E-state index in [9.17, 15) is 14.7 Å². The Morgan fingerprint density at radius 3 is 3.00 bits per heavy atom. The molecule has 3 aromatic rings. The number of aliphatic hydroxyl groups is 1. The highest BCUT2D eigenvalue weighted by atomic mass is 16.3. The topological polar surface area (TPSA) is 127 Å². The van der Waals surface area contributed by atoms with Crippen LogP contribution >= 0.6 is 0 Å². The molecule has 0 unspecified atom stereocenters. The summed E-state index contributed by atoms with van der Waals surface area (Å²) in [7, 11) is 0. The average Bonchev–Trinajstić information content (AvgIpc) is 2.97. The minimum atomic E-state index is -0.642. The molecule has 0 aromatic carbocycles. The molecule has 3 heterocycles. The molecular weight excluding hydrogens is 322 g/mol. The van der Waals surface area contributed by atoms with Gasteiger partial charge in [0.2, 0.25) is 5.91 Å². The van der Waals surface area contributed by atoms with Crippen LogP contribution in [0.25, 0.3) is 28.5 Å². The van der Waals surface area contributed by atoms with Crippen LogP contribution in [0.15, 0.2) is 41.6 Å². The lowest BCUT2D eigenvalue weighted by atomic mass is 10.2. The van der Waals surface area contributed by atoms with E-state index < -0.39 is 12.0 Å². The normalized spacial score (nSPS) is 12.7. The Morgan fingerprint density at radius 2 is 2.28 bits per heavy atom. The zero-order valence-electron chi connectivity index (χ0n) is 13.5. The average molecular weight is 339 g/mol. The second kappa shape index (κ2) is 6.70. The van der Waals surface area contributed by atoms with Crippen LogP contribution in [0.2, 0.25) is 0 Å². The number of aromatic amines is 1. The first-order valence-corrected chi connectivity index (χ1v) is 7.64. The highest BCUT2D eigenvalue weighted by Crippen LogP contribution is 2.21. The molecule has 3 aromatic heterocycles. The third kappa shape index (κ3) is 3.64. The molecule has 3 rings (SSSR count). The predicted molar refractivity (Wildman–Crippen MR) is 93.5 cm³/mol. The first-order valence-electron chi connectivity index (χ1n) is 7.64. The van der Waals surface area contributed by atoms with Crippen LogP contribution < -0.4 is 11.3 Å². The summed E-state index contributed by atoms with van der Waals surface area (Å²) in [4.78, 5) is 34.6. The summed E-state index contributed by atoms with van der Waals surface area (Å²) in [5.41, 5.74) is 8.02. The molecule has 1 amide bonds. The van der Waals surface area contributed by atoms with Gasteiger partial charge < -0.3 is 20.4 Å². The summed E-state index contributed by atoms with van der Waals surface area (Å²) in [6, 6.07) is 3.08. The molecule has 128 valence electrons. The number of nitrogens with two attached hydrogens (primary N) is 1. The predicted octanol–water partition coefficient (Wildman–Crippen LogP) is 0.666. The Morgan fingerprint density at radius 1 is 1.48 bits per heavy atom. The second-order valence-corrected chi connectivity index (χ2v) is 5.69. The summed E-state index contributed by atoms with van der Waals surface area (Å²) >= 11 is 0. The van der Waals surface area contributed by atoms with Crippen LogP contribution in [0, 0.1) is 0 Å². The Kier molecular flexibility index (Phi) is 4.44. The van der Waals surface area contributed by atoms with Crippen LogP contribution in [-0.4, -0.2) is 36.6 Å². The quantitative estimate of drug-likeness (QED) is 0.589. The van der Waals surface area contributed by atoms with Crippen molar-refractivity contribution in [1.29, 1.82) is 0 Å². The van der Waals surface area contributed by atoms with Crippen molar-refractivity contribution in [2.24, 2.45) is 5.73 Å². The van der Waals surface area contributed by atoms with E-state index >= 15 is 0 Å². The highest BCUT2D eigenvalue weighted by molar-refractivity contribution is 5.93. The number of aromatic nitrogens is 4. The number of nitrogens with one attached hydrogen (secondary N) is 1. The van der Waals surface area contributed by atoms with E-state index in [0.717, 1.165) is 0 Å². The third-order valence-corrected chi connectivity index (χ3v) is 3.58. The molecule has 0 spiro atoms. The maximum Gasteiger partial charge on any atom is 0.250 e. The molecule has 8 heteroatoms. The van der Waals surface area contributed by atoms with E-state index in [1.807, 2.05) is 0 Å². The largest absolute Gasteiger partial charge is 0.392 e. The fourth-order valence-electron chi connectivity index (χ4n) is 2.46. The number of amides is 1. The maximum absolute atomic E-state index is 11.9. The lowest BCUT2D eigenvalue weighted by molar-refractivity contribution is -0.113. The van der Waals surface area contributed by atoms with Crippen molar-refractivity contribution in [1.82, 2.24) is 19.5 Å². The number of hydrogen-bond donors (Lipinski definition) is 3. The van der Waals surface area contributed by atoms with Crippen LogP contribution in [0.1, 0.15) is 12.5 Å². The van der Waals surface area contributed by atoms with Crippen molar-refractivity contribution in [3.63, 3.8) is 0 Å². The third-order valence-electron chi connectivity index (χ3n) is 3.58. The Bertz CT molecular complexity index is 1020. The molecule has 0 aliphatic heterocycles. The molecule has 0 aliphatic rings. The van der Waals surface area contributed by atoms with Crippen LogP contribution in [-0.2, 0) is 11.3 Å². The van der Waals surface area contributed by atoms with Gasteiger partial charge in [-0.05, 0) is 19.1 Å².